The van der Waals surface area contributed by atoms with E-state index in [0.29, 0.717) is 25.7 Å². The Balaban J connectivity index is 2.20. The fraction of sp³-hybridized carbons (Fsp3) is 0.600. The second-order valence-electron chi connectivity index (χ2n) is 3.93. The highest BCUT2D eigenvalue weighted by atomic mass is 35.5. The monoisotopic (exact) mass is 244 g/mol. The molecule has 0 spiro atoms. The van der Waals surface area contributed by atoms with Crippen LogP contribution in [0.25, 0.3) is 0 Å². The molecular formula is C10H13ClN2O3. The zero-order valence-corrected chi connectivity index (χ0v) is 9.50. The minimum absolute atomic E-state index is 0.0817. The maximum atomic E-state index is 11.6. The Labute approximate surface area is 97.0 Å². The van der Waals surface area contributed by atoms with Gasteiger partial charge in [-0.3, -0.25) is 14.3 Å². The van der Waals surface area contributed by atoms with Gasteiger partial charge in [0.2, 0.25) is 0 Å². The standard InChI is InChI=1S/C10H13ClN2O3/c11-8-5-9(14)13(10(15)12-8)6-7-1-3-16-4-2-7/h5,7H,1-4,6H2,(H,12,15). The van der Waals surface area contributed by atoms with Crippen molar-refractivity contribution < 1.29 is 4.74 Å². The molecule has 5 nitrogen and oxygen atoms in total. The number of H-pyrrole nitrogens is 1. The summed E-state index contributed by atoms with van der Waals surface area (Å²) in [7, 11) is 0. The highest BCUT2D eigenvalue weighted by Gasteiger charge is 2.16. The lowest BCUT2D eigenvalue weighted by Crippen LogP contribution is -2.37. The van der Waals surface area contributed by atoms with Crippen LogP contribution in [0, 0.1) is 5.92 Å². The lowest BCUT2D eigenvalue weighted by Gasteiger charge is -2.22. The number of hydrogen-bond acceptors (Lipinski definition) is 3. The van der Waals surface area contributed by atoms with E-state index in [1.54, 1.807) is 0 Å². The molecule has 1 saturated heterocycles. The van der Waals surface area contributed by atoms with Crippen molar-refractivity contribution >= 4 is 11.6 Å². The first kappa shape index (κ1) is 11.4. The van der Waals surface area contributed by atoms with Gasteiger partial charge in [-0.25, -0.2) is 4.79 Å². The molecule has 6 heteroatoms. The van der Waals surface area contributed by atoms with Gasteiger partial charge in [0.1, 0.15) is 5.15 Å². The number of hydrogen-bond donors (Lipinski definition) is 1. The van der Waals surface area contributed by atoms with E-state index in [9.17, 15) is 9.59 Å². The summed E-state index contributed by atoms with van der Waals surface area (Å²) < 4.78 is 6.42. The Morgan fingerprint density at radius 2 is 2.12 bits per heavy atom. The molecule has 0 unspecified atom stereocenters. The van der Waals surface area contributed by atoms with Crippen molar-refractivity contribution in [1.82, 2.24) is 9.55 Å². The molecular weight excluding hydrogens is 232 g/mol. The maximum absolute atomic E-state index is 11.6. The Hall–Kier alpha value is -1.07. The predicted octanol–water partition coefficient (Wildman–Crippen LogP) is 0.617. The summed E-state index contributed by atoms with van der Waals surface area (Å²) in [6.07, 6.45) is 1.77. The summed E-state index contributed by atoms with van der Waals surface area (Å²) in [6.45, 7) is 1.84. The van der Waals surface area contributed by atoms with Crippen LogP contribution in [0.5, 0.6) is 0 Å². The molecule has 1 aromatic rings. The first-order valence-corrected chi connectivity index (χ1v) is 5.62. The summed E-state index contributed by atoms with van der Waals surface area (Å²) in [6, 6.07) is 1.22. The largest absolute Gasteiger partial charge is 0.381 e. The summed E-state index contributed by atoms with van der Waals surface area (Å²) >= 11 is 5.58. The van der Waals surface area contributed by atoms with Gasteiger partial charge in [0.25, 0.3) is 5.56 Å². The number of aromatic nitrogens is 2. The number of ether oxygens (including phenoxy) is 1. The Morgan fingerprint density at radius 3 is 2.75 bits per heavy atom. The molecule has 0 aliphatic carbocycles. The maximum Gasteiger partial charge on any atom is 0.329 e. The second kappa shape index (κ2) is 4.84. The Morgan fingerprint density at radius 1 is 1.44 bits per heavy atom. The van der Waals surface area contributed by atoms with E-state index < -0.39 is 5.69 Å². The second-order valence-corrected chi connectivity index (χ2v) is 4.33. The Bertz CT molecular complexity index is 442. The van der Waals surface area contributed by atoms with Crippen LogP contribution in [0.4, 0.5) is 0 Å². The van der Waals surface area contributed by atoms with Gasteiger partial charge in [-0.2, -0.15) is 0 Å². The summed E-state index contributed by atoms with van der Waals surface area (Å²) in [4.78, 5) is 25.5. The van der Waals surface area contributed by atoms with Crippen LogP contribution in [0.1, 0.15) is 12.8 Å². The first-order chi connectivity index (χ1) is 7.66. The summed E-state index contributed by atoms with van der Waals surface area (Å²) in [5.41, 5.74) is -0.788. The van der Waals surface area contributed by atoms with Crippen molar-refractivity contribution in [3.8, 4) is 0 Å². The molecule has 1 aliphatic heterocycles. The predicted molar refractivity (Wildman–Crippen MR) is 59.9 cm³/mol. The average molecular weight is 245 g/mol. The van der Waals surface area contributed by atoms with Crippen LogP contribution >= 0.6 is 11.6 Å². The van der Waals surface area contributed by atoms with Gasteiger partial charge in [0.15, 0.2) is 0 Å². The van der Waals surface area contributed by atoms with Crippen LogP contribution in [0.15, 0.2) is 15.7 Å². The molecule has 1 fully saturated rings. The molecule has 0 amide bonds. The van der Waals surface area contributed by atoms with Crippen LogP contribution in [0.3, 0.4) is 0 Å². The minimum Gasteiger partial charge on any atom is -0.381 e. The molecule has 0 radical (unpaired) electrons. The third-order valence-corrected chi connectivity index (χ3v) is 2.97. The van der Waals surface area contributed by atoms with Crippen LogP contribution in [-0.2, 0) is 11.3 Å². The van der Waals surface area contributed by atoms with Gasteiger partial charge < -0.3 is 4.74 Å². The third kappa shape index (κ3) is 2.54. The van der Waals surface area contributed by atoms with Gasteiger partial charge in [-0.05, 0) is 18.8 Å². The average Bonchev–Trinajstić information content (AvgIpc) is 2.25. The number of nitrogens with zero attached hydrogens (tertiary/aromatic N) is 1. The van der Waals surface area contributed by atoms with Crippen molar-refractivity contribution in [2.75, 3.05) is 13.2 Å². The number of rotatable bonds is 2. The first-order valence-electron chi connectivity index (χ1n) is 5.24. The molecule has 0 bridgehead atoms. The van der Waals surface area contributed by atoms with Crippen molar-refractivity contribution in [3.05, 3.63) is 32.1 Å². The van der Waals surface area contributed by atoms with Crippen molar-refractivity contribution in [3.63, 3.8) is 0 Å². The lowest BCUT2D eigenvalue weighted by atomic mass is 10.0. The smallest absolute Gasteiger partial charge is 0.329 e. The van der Waals surface area contributed by atoms with E-state index in [1.807, 2.05) is 0 Å². The SMILES string of the molecule is O=c1cc(Cl)[nH]c(=O)n1CC1CCOCC1. The van der Waals surface area contributed by atoms with Crippen molar-refractivity contribution in [1.29, 1.82) is 0 Å². The number of aromatic amines is 1. The Kier molecular flexibility index (Phi) is 3.46. The molecule has 2 rings (SSSR count). The highest BCUT2D eigenvalue weighted by molar-refractivity contribution is 6.29. The highest BCUT2D eigenvalue weighted by Crippen LogP contribution is 2.15. The van der Waals surface area contributed by atoms with E-state index >= 15 is 0 Å². The van der Waals surface area contributed by atoms with E-state index in [-0.39, 0.29) is 10.7 Å². The molecule has 88 valence electrons. The van der Waals surface area contributed by atoms with Gasteiger partial charge in [-0.15, -0.1) is 0 Å². The molecule has 2 heterocycles. The number of halogens is 1. The summed E-state index contributed by atoms with van der Waals surface area (Å²) in [5, 5.41) is 0.0817. The van der Waals surface area contributed by atoms with E-state index in [4.69, 9.17) is 16.3 Å². The van der Waals surface area contributed by atoms with Crippen LogP contribution in [0.2, 0.25) is 5.15 Å². The van der Waals surface area contributed by atoms with Gasteiger partial charge >= 0.3 is 5.69 Å². The van der Waals surface area contributed by atoms with Crippen molar-refractivity contribution in [2.24, 2.45) is 5.92 Å². The van der Waals surface area contributed by atoms with Crippen LogP contribution in [-0.4, -0.2) is 22.8 Å². The molecule has 1 N–H and O–H groups in total. The number of nitrogens with one attached hydrogen (secondary N) is 1. The normalized spacial score (nSPS) is 17.6. The molecule has 0 aromatic carbocycles. The molecule has 1 aromatic heterocycles. The third-order valence-electron chi connectivity index (χ3n) is 2.77. The fourth-order valence-corrected chi connectivity index (χ4v) is 2.03. The molecule has 0 saturated carbocycles. The zero-order valence-electron chi connectivity index (χ0n) is 8.74. The van der Waals surface area contributed by atoms with E-state index in [2.05, 4.69) is 4.98 Å². The molecule has 16 heavy (non-hydrogen) atoms. The quantitative estimate of drug-likeness (QED) is 0.776. The summed E-state index contributed by atoms with van der Waals surface area (Å²) in [5.74, 6) is 0.328. The zero-order chi connectivity index (χ0) is 11.5. The minimum atomic E-state index is -0.441. The lowest BCUT2D eigenvalue weighted by molar-refractivity contribution is 0.0605. The topological polar surface area (TPSA) is 64.1 Å². The molecule has 1 aliphatic rings. The van der Waals surface area contributed by atoms with Crippen LogP contribution < -0.4 is 11.2 Å². The molecule has 0 atom stereocenters. The fourth-order valence-electron chi connectivity index (χ4n) is 1.85. The van der Waals surface area contributed by atoms with E-state index in [1.165, 1.54) is 10.6 Å². The van der Waals surface area contributed by atoms with Gasteiger partial charge in [-0.1, -0.05) is 11.6 Å². The van der Waals surface area contributed by atoms with Gasteiger partial charge in [0.05, 0.1) is 0 Å². The van der Waals surface area contributed by atoms with Crippen molar-refractivity contribution in [2.45, 2.75) is 19.4 Å². The van der Waals surface area contributed by atoms with E-state index in [0.717, 1.165) is 12.8 Å². The van der Waals surface area contributed by atoms with Gasteiger partial charge in [0, 0.05) is 25.8 Å².